The molecule has 0 N–H and O–H groups in total. The second-order valence-electron chi connectivity index (χ2n) is 4.88. The van der Waals surface area contributed by atoms with Crippen molar-refractivity contribution in [3.05, 3.63) is 59.2 Å². The normalized spacial score (nSPS) is 11.7. The van der Waals surface area contributed by atoms with Crippen molar-refractivity contribution in [3.8, 4) is 23.5 Å². The minimum Gasteiger partial charge on any atom is -0.120 e. The van der Waals surface area contributed by atoms with E-state index in [1.807, 2.05) is 0 Å². The molecule has 0 saturated heterocycles. The van der Waals surface area contributed by atoms with Gasteiger partial charge in [-0.25, -0.2) is 0 Å². The smallest absolute Gasteiger partial charge is 0.00892 e. The molecular weight excluding hydrogens is 216 g/mol. The molecule has 0 bridgehead atoms. The molecule has 0 atom stereocenters. The van der Waals surface area contributed by atoms with Gasteiger partial charge in [0.1, 0.15) is 0 Å². The van der Waals surface area contributed by atoms with Crippen molar-refractivity contribution in [2.75, 3.05) is 0 Å². The van der Waals surface area contributed by atoms with E-state index in [-0.39, 0.29) is 0 Å². The molecular formula is C18H16. The first-order chi connectivity index (χ1) is 8.88. The summed E-state index contributed by atoms with van der Waals surface area (Å²) in [6, 6.07) is 15.6. The lowest BCUT2D eigenvalue weighted by Gasteiger charge is -2.04. The quantitative estimate of drug-likeness (QED) is 0.468. The topological polar surface area (TPSA) is 0 Å². The van der Waals surface area contributed by atoms with Crippen molar-refractivity contribution in [2.45, 2.75) is 25.7 Å². The molecule has 18 heavy (non-hydrogen) atoms. The Morgan fingerprint density at radius 3 is 2.72 bits per heavy atom. The second-order valence-corrected chi connectivity index (χ2v) is 4.88. The number of hydrogen-bond acceptors (Lipinski definition) is 0. The molecule has 88 valence electrons. The third-order valence-electron chi connectivity index (χ3n) is 3.64. The van der Waals surface area contributed by atoms with Crippen LogP contribution in [0.1, 0.15) is 29.5 Å². The molecule has 0 aliphatic heterocycles. The maximum atomic E-state index is 5.29. The molecule has 2 aromatic rings. The Bertz CT molecular complexity index is 614. The first kappa shape index (κ1) is 11.1. The molecule has 0 radical (unpaired) electrons. The monoisotopic (exact) mass is 232 g/mol. The molecule has 0 spiro atoms. The van der Waals surface area contributed by atoms with Crippen LogP contribution in [0.2, 0.25) is 0 Å². The van der Waals surface area contributed by atoms with Gasteiger partial charge in [0.2, 0.25) is 0 Å². The number of terminal acetylenes is 1. The molecule has 0 nitrogen and oxygen atoms in total. The van der Waals surface area contributed by atoms with Crippen LogP contribution in [-0.2, 0) is 12.8 Å². The molecule has 0 fully saturated rings. The van der Waals surface area contributed by atoms with Crippen LogP contribution in [0.25, 0.3) is 11.1 Å². The Labute approximate surface area is 109 Å². The van der Waals surface area contributed by atoms with Gasteiger partial charge in [0.25, 0.3) is 0 Å². The molecule has 3 rings (SSSR count). The number of unbranched alkanes of at least 4 members (excludes halogenated alkanes) is 1. The lowest BCUT2D eigenvalue weighted by molar-refractivity contribution is 0.857. The Morgan fingerprint density at radius 1 is 1.00 bits per heavy atom. The molecule has 2 aromatic carbocycles. The maximum Gasteiger partial charge on any atom is 0.00892 e. The highest BCUT2D eigenvalue weighted by molar-refractivity contribution is 5.76. The Hall–Kier alpha value is -2.00. The standard InChI is InChI=1S/C18H16/c1-2-3-4-7-14-10-11-18-16(12-14)13-15-8-5-6-9-17(15)18/h1,5-6,8-12H,3-4,7,13H2. The van der Waals surface area contributed by atoms with Crippen molar-refractivity contribution in [1.29, 1.82) is 0 Å². The zero-order valence-electron chi connectivity index (χ0n) is 10.4. The first-order valence-corrected chi connectivity index (χ1v) is 6.52. The lowest BCUT2D eigenvalue weighted by Crippen LogP contribution is -1.88. The van der Waals surface area contributed by atoms with Crippen LogP contribution in [0.15, 0.2) is 42.5 Å². The summed E-state index contributed by atoms with van der Waals surface area (Å²) >= 11 is 0. The summed E-state index contributed by atoms with van der Waals surface area (Å²) in [7, 11) is 0. The van der Waals surface area contributed by atoms with Crippen molar-refractivity contribution in [1.82, 2.24) is 0 Å². The van der Waals surface area contributed by atoms with E-state index in [4.69, 9.17) is 6.42 Å². The SMILES string of the molecule is C#CCCCc1ccc2c(c1)Cc1ccccc1-2. The van der Waals surface area contributed by atoms with Gasteiger partial charge in [-0.05, 0) is 47.1 Å². The number of benzene rings is 2. The summed E-state index contributed by atoms with van der Waals surface area (Å²) < 4.78 is 0. The molecule has 0 amide bonds. The summed E-state index contributed by atoms with van der Waals surface area (Å²) in [6.45, 7) is 0. The van der Waals surface area contributed by atoms with Gasteiger partial charge in [-0.15, -0.1) is 12.3 Å². The summed E-state index contributed by atoms with van der Waals surface area (Å²) in [6.07, 6.45) is 9.42. The van der Waals surface area contributed by atoms with Crippen molar-refractivity contribution < 1.29 is 0 Å². The van der Waals surface area contributed by atoms with E-state index in [0.717, 1.165) is 25.7 Å². The summed E-state index contributed by atoms with van der Waals surface area (Å²) in [5.74, 6) is 2.70. The average molecular weight is 232 g/mol. The van der Waals surface area contributed by atoms with Crippen LogP contribution in [0.3, 0.4) is 0 Å². The van der Waals surface area contributed by atoms with E-state index in [1.54, 1.807) is 0 Å². The third-order valence-corrected chi connectivity index (χ3v) is 3.64. The Morgan fingerprint density at radius 2 is 1.83 bits per heavy atom. The van der Waals surface area contributed by atoms with Gasteiger partial charge >= 0.3 is 0 Å². The fraction of sp³-hybridized carbons (Fsp3) is 0.222. The van der Waals surface area contributed by atoms with Crippen LogP contribution >= 0.6 is 0 Å². The van der Waals surface area contributed by atoms with Crippen LogP contribution < -0.4 is 0 Å². The number of rotatable bonds is 3. The van der Waals surface area contributed by atoms with Gasteiger partial charge in [-0.1, -0.05) is 42.5 Å². The predicted molar refractivity (Wildman–Crippen MR) is 76.5 cm³/mol. The van der Waals surface area contributed by atoms with Crippen molar-refractivity contribution in [3.63, 3.8) is 0 Å². The minimum atomic E-state index is 0.872. The van der Waals surface area contributed by atoms with Gasteiger partial charge < -0.3 is 0 Å². The third kappa shape index (κ3) is 1.93. The van der Waals surface area contributed by atoms with Crippen LogP contribution in [0.5, 0.6) is 0 Å². The molecule has 1 aliphatic carbocycles. The highest BCUT2D eigenvalue weighted by Gasteiger charge is 2.17. The fourth-order valence-corrected chi connectivity index (χ4v) is 2.75. The first-order valence-electron chi connectivity index (χ1n) is 6.52. The molecule has 1 aliphatic rings. The number of aryl methyl sites for hydroxylation is 1. The van der Waals surface area contributed by atoms with Gasteiger partial charge in [0.05, 0.1) is 0 Å². The zero-order valence-corrected chi connectivity index (χ0v) is 10.4. The highest BCUT2D eigenvalue weighted by Crippen LogP contribution is 2.36. The zero-order chi connectivity index (χ0) is 12.4. The molecule has 0 heteroatoms. The summed E-state index contributed by atoms with van der Waals surface area (Å²) in [5, 5.41) is 0. The van der Waals surface area contributed by atoms with E-state index < -0.39 is 0 Å². The van der Waals surface area contributed by atoms with Crippen LogP contribution in [0.4, 0.5) is 0 Å². The van der Waals surface area contributed by atoms with E-state index in [9.17, 15) is 0 Å². The molecule has 0 heterocycles. The van der Waals surface area contributed by atoms with Crippen molar-refractivity contribution in [2.24, 2.45) is 0 Å². The number of hydrogen-bond donors (Lipinski definition) is 0. The highest BCUT2D eigenvalue weighted by atomic mass is 14.2. The molecule has 0 unspecified atom stereocenters. The maximum absolute atomic E-state index is 5.29. The molecule has 0 saturated carbocycles. The lowest BCUT2D eigenvalue weighted by atomic mass is 10.0. The van der Waals surface area contributed by atoms with Gasteiger partial charge in [0, 0.05) is 6.42 Å². The average Bonchev–Trinajstić information content (AvgIpc) is 2.76. The van der Waals surface area contributed by atoms with E-state index >= 15 is 0 Å². The Balaban J connectivity index is 1.87. The van der Waals surface area contributed by atoms with Gasteiger partial charge in [-0.3, -0.25) is 0 Å². The summed E-state index contributed by atoms with van der Waals surface area (Å²) in [5.41, 5.74) is 7.15. The molecule has 0 aromatic heterocycles. The fourth-order valence-electron chi connectivity index (χ4n) is 2.75. The second kappa shape index (κ2) is 4.70. The Kier molecular flexibility index (Phi) is 2.90. The summed E-state index contributed by atoms with van der Waals surface area (Å²) in [4.78, 5) is 0. The predicted octanol–water partition coefficient (Wildman–Crippen LogP) is 4.21. The largest absolute Gasteiger partial charge is 0.120 e. The van der Waals surface area contributed by atoms with Crippen LogP contribution in [-0.4, -0.2) is 0 Å². The van der Waals surface area contributed by atoms with Gasteiger partial charge in [-0.2, -0.15) is 0 Å². The van der Waals surface area contributed by atoms with E-state index in [0.29, 0.717) is 0 Å². The van der Waals surface area contributed by atoms with Crippen molar-refractivity contribution >= 4 is 0 Å². The van der Waals surface area contributed by atoms with E-state index in [1.165, 1.54) is 27.8 Å². The van der Waals surface area contributed by atoms with Gasteiger partial charge in [0.15, 0.2) is 0 Å². The van der Waals surface area contributed by atoms with Crippen LogP contribution in [0, 0.1) is 12.3 Å². The minimum absolute atomic E-state index is 0.872. The number of fused-ring (bicyclic) bond motifs is 3. The van der Waals surface area contributed by atoms with E-state index in [2.05, 4.69) is 48.4 Å².